The quantitative estimate of drug-likeness (QED) is 0.659. The van der Waals surface area contributed by atoms with Crippen LogP contribution in [0.4, 0.5) is 4.79 Å². The Kier molecular flexibility index (Phi) is 2.63. The minimum absolute atomic E-state index is 0.154. The highest BCUT2D eigenvalue weighted by Gasteiger charge is 2.39. The Morgan fingerprint density at radius 1 is 1.47 bits per heavy atom. The number of nitrogens with zero attached hydrogens (tertiary/aromatic N) is 1. The second-order valence-corrected chi connectivity index (χ2v) is 5.46. The summed E-state index contributed by atoms with van der Waals surface area (Å²) in [6.45, 7) is 7.55. The van der Waals surface area contributed by atoms with Crippen LogP contribution in [0.15, 0.2) is 0 Å². The molecule has 0 radical (unpaired) electrons. The molecule has 2 bridgehead atoms. The summed E-state index contributed by atoms with van der Waals surface area (Å²) in [5, 5.41) is 3.41. The maximum absolute atomic E-state index is 11.9. The molecular weight excluding hydrogens is 192 g/mol. The molecule has 0 saturated carbocycles. The highest BCUT2D eigenvalue weighted by atomic mass is 16.6. The molecule has 1 amide bonds. The SMILES string of the molecule is CC(C)(C)OC(=O)N1C[C@@H]2C[C@H]1CCN2. The van der Waals surface area contributed by atoms with E-state index in [4.69, 9.17) is 4.74 Å². The summed E-state index contributed by atoms with van der Waals surface area (Å²) in [5.41, 5.74) is -0.388. The van der Waals surface area contributed by atoms with E-state index in [2.05, 4.69) is 5.32 Å². The van der Waals surface area contributed by atoms with Gasteiger partial charge in [0.1, 0.15) is 5.60 Å². The van der Waals surface area contributed by atoms with Gasteiger partial charge in [-0.25, -0.2) is 4.79 Å². The zero-order valence-electron chi connectivity index (χ0n) is 9.75. The topological polar surface area (TPSA) is 41.6 Å². The van der Waals surface area contributed by atoms with Gasteiger partial charge in [0.15, 0.2) is 0 Å². The molecule has 0 unspecified atom stereocenters. The number of rotatable bonds is 0. The lowest BCUT2D eigenvalue weighted by molar-refractivity contribution is 0.0226. The van der Waals surface area contributed by atoms with Crippen LogP contribution in [0, 0.1) is 0 Å². The van der Waals surface area contributed by atoms with Crippen molar-refractivity contribution in [3.8, 4) is 0 Å². The maximum atomic E-state index is 11.9. The van der Waals surface area contributed by atoms with Gasteiger partial charge in [-0.05, 0) is 40.2 Å². The standard InChI is InChI=1S/C11H20N2O2/c1-11(2,3)15-10(14)13-7-8-6-9(13)4-5-12-8/h8-9,12H,4-7H2,1-3H3/t8-,9+/m0/s1. The molecule has 86 valence electrons. The monoisotopic (exact) mass is 212 g/mol. The fourth-order valence-corrected chi connectivity index (χ4v) is 2.34. The molecule has 4 nitrogen and oxygen atoms in total. The van der Waals surface area contributed by atoms with Gasteiger partial charge in [0.2, 0.25) is 0 Å². The maximum Gasteiger partial charge on any atom is 0.410 e. The van der Waals surface area contributed by atoms with Crippen molar-refractivity contribution in [1.29, 1.82) is 0 Å². The van der Waals surface area contributed by atoms with Crippen molar-refractivity contribution < 1.29 is 9.53 Å². The fourth-order valence-electron chi connectivity index (χ4n) is 2.34. The molecule has 0 aromatic heterocycles. The van der Waals surface area contributed by atoms with E-state index in [1.165, 1.54) is 0 Å². The van der Waals surface area contributed by atoms with Crippen molar-refractivity contribution >= 4 is 6.09 Å². The fraction of sp³-hybridized carbons (Fsp3) is 0.909. The first-order valence-corrected chi connectivity index (χ1v) is 5.69. The number of ether oxygens (including phenoxy) is 1. The van der Waals surface area contributed by atoms with Crippen LogP contribution < -0.4 is 5.32 Å². The van der Waals surface area contributed by atoms with Crippen molar-refractivity contribution in [1.82, 2.24) is 10.2 Å². The number of carbonyl (C=O) groups is 1. The average Bonchev–Trinajstić information content (AvgIpc) is 2.38. The van der Waals surface area contributed by atoms with E-state index in [1.807, 2.05) is 25.7 Å². The Hall–Kier alpha value is -0.770. The summed E-state index contributed by atoms with van der Waals surface area (Å²) in [4.78, 5) is 13.8. The second-order valence-electron chi connectivity index (χ2n) is 5.46. The predicted molar refractivity (Wildman–Crippen MR) is 57.8 cm³/mol. The molecule has 2 aliphatic rings. The minimum atomic E-state index is -0.388. The molecular formula is C11H20N2O2. The molecule has 2 rings (SSSR count). The molecule has 0 aromatic carbocycles. The molecule has 0 aromatic rings. The molecule has 2 fully saturated rings. The molecule has 15 heavy (non-hydrogen) atoms. The number of nitrogens with one attached hydrogen (secondary N) is 1. The van der Waals surface area contributed by atoms with Gasteiger partial charge in [-0.2, -0.15) is 0 Å². The molecule has 0 spiro atoms. The summed E-state index contributed by atoms with van der Waals surface area (Å²) in [5.74, 6) is 0. The lowest BCUT2D eigenvalue weighted by Gasteiger charge is -2.28. The minimum Gasteiger partial charge on any atom is -0.444 e. The van der Waals surface area contributed by atoms with Crippen molar-refractivity contribution in [3.63, 3.8) is 0 Å². The van der Waals surface area contributed by atoms with Crippen LogP contribution in [0.25, 0.3) is 0 Å². The van der Waals surface area contributed by atoms with Gasteiger partial charge in [0, 0.05) is 18.6 Å². The van der Waals surface area contributed by atoms with Gasteiger partial charge in [0.25, 0.3) is 0 Å². The first-order valence-electron chi connectivity index (χ1n) is 5.69. The van der Waals surface area contributed by atoms with Gasteiger partial charge in [-0.15, -0.1) is 0 Å². The van der Waals surface area contributed by atoms with Crippen LogP contribution in [0.1, 0.15) is 33.6 Å². The van der Waals surface area contributed by atoms with E-state index < -0.39 is 0 Å². The van der Waals surface area contributed by atoms with Gasteiger partial charge < -0.3 is 15.0 Å². The third-order valence-corrected chi connectivity index (χ3v) is 2.95. The summed E-state index contributed by atoms with van der Waals surface area (Å²) < 4.78 is 5.39. The molecule has 1 N–H and O–H groups in total. The predicted octanol–water partition coefficient (Wildman–Crippen LogP) is 1.36. The number of likely N-dealkylation sites (tertiary alicyclic amines) is 1. The Morgan fingerprint density at radius 3 is 2.80 bits per heavy atom. The Labute approximate surface area is 91.0 Å². The molecule has 2 atom stereocenters. The zero-order chi connectivity index (χ0) is 11.1. The molecule has 2 aliphatic heterocycles. The number of carbonyl (C=O) groups excluding carboxylic acids is 1. The lowest BCUT2D eigenvalue weighted by atomic mass is 10.1. The third kappa shape index (κ3) is 2.43. The van der Waals surface area contributed by atoms with Gasteiger partial charge >= 0.3 is 6.09 Å². The van der Waals surface area contributed by atoms with E-state index in [9.17, 15) is 4.79 Å². The summed E-state index contributed by atoms with van der Waals surface area (Å²) in [7, 11) is 0. The number of fused-ring (bicyclic) bond motifs is 2. The number of amides is 1. The number of hydrogen-bond acceptors (Lipinski definition) is 3. The summed E-state index contributed by atoms with van der Waals surface area (Å²) >= 11 is 0. The average molecular weight is 212 g/mol. The number of piperidine rings is 1. The van der Waals surface area contributed by atoms with E-state index in [1.54, 1.807) is 0 Å². The van der Waals surface area contributed by atoms with Crippen molar-refractivity contribution in [3.05, 3.63) is 0 Å². The van der Waals surface area contributed by atoms with Crippen molar-refractivity contribution in [2.45, 2.75) is 51.3 Å². The molecule has 0 aliphatic carbocycles. The first-order chi connectivity index (χ1) is 6.96. The highest BCUT2D eigenvalue weighted by molar-refractivity contribution is 5.69. The van der Waals surface area contributed by atoms with Gasteiger partial charge in [-0.3, -0.25) is 0 Å². The number of hydrogen-bond donors (Lipinski definition) is 1. The third-order valence-electron chi connectivity index (χ3n) is 2.95. The van der Waals surface area contributed by atoms with Crippen LogP contribution in [-0.4, -0.2) is 41.8 Å². The van der Waals surface area contributed by atoms with E-state index in [0.717, 1.165) is 25.9 Å². The van der Waals surface area contributed by atoms with E-state index >= 15 is 0 Å². The van der Waals surface area contributed by atoms with E-state index in [-0.39, 0.29) is 11.7 Å². The van der Waals surface area contributed by atoms with Crippen LogP contribution in [0.5, 0.6) is 0 Å². The molecule has 4 heteroatoms. The van der Waals surface area contributed by atoms with Crippen LogP contribution in [-0.2, 0) is 4.74 Å². The second kappa shape index (κ2) is 3.67. The molecule has 2 saturated heterocycles. The first kappa shape index (κ1) is 10.7. The summed E-state index contributed by atoms with van der Waals surface area (Å²) in [6.07, 6.45) is 1.98. The highest BCUT2D eigenvalue weighted by Crippen LogP contribution is 2.25. The Bertz CT molecular complexity index is 260. The van der Waals surface area contributed by atoms with Crippen LogP contribution in [0.2, 0.25) is 0 Å². The molecule has 2 heterocycles. The van der Waals surface area contributed by atoms with Crippen LogP contribution in [0.3, 0.4) is 0 Å². The normalized spacial score (nSPS) is 30.5. The zero-order valence-corrected chi connectivity index (χ0v) is 9.75. The Morgan fingerprint density at radius 2 is 2.20 bits per heavy atom. The van der Waals surface area contributed by atoms with Crippen molar-refractivity contribution in [2.24, 2.45) is 0 Å². The largest absolute Gasteiger partial charge is 0.444 e. The smallest absolute Gasteiger partial charge is 0.410 e. The van der Waals surface area contributed by atoms with Crippen LogP contribution >= 0.6 is 0 Å². The van der Waals surface area contributed by atoms with Gasteiger partial charge in [-0.1, -0.05) is 0 Å². The van der Waals surface area contributed by atoms with Crippen molar-refractivity contribution in [2.75, 3.05) is 13.1 Å². The summed E-state index contributed by atoms with van der Waals surface area (Å²) in [6, 6.07) is 0.877. The van der Waals surface area contributed by atoms with Gasteiger partial charge in [0.05, 0.1) is 0 Å². The lowest BCUT2D eigenvalue weighted by Crippen LogP contribution is -2.39. The Balaban J connectivity index is 1.96. The van der Waals surface area contributed by atoms with E-state index in [0.29, 0.717) is 12.1 Å².